The lowest BCUT2D eigenvalue weighted by Crippen LogP contribution is -1.86. The molecule has 0 radical (unpaired) electrons. The predicted molar refractivity (Wildman–Crippen MR) is 74.2 cm³/mol. The van der Waals surface area contributed by atoms with Crippen LogP contribution in [0.3, 0.4) is 0 Å². The minimum atomic E-state index is 1.07. The summed E-state index contributed by atoms with van der Waals surface area (Å²) in [6.07, 6.45) is 5.55. The van der Waals surface area contributed by atoms with Crippen LogP contribution < -0.4 is 0 Å². The van der Waals surface area contributed by atoms with E-state index in [9.17, 15) is 0 Å². The van der Waals surface area contributed by atoms with Gasteiger partial charge in [0.15, 0.2) is 0 Å². The molecule has 0 spiro atoms. The Bertz CT molecular complexity index is 763. The first kappa shape index (κ1) is 9.00. The summed E-state index contributed by atoms with van der Waals surface area (Å²) in [6.45, 7) is 0. The van der Waals surface area contributed by atoms with E-state index >= 15 is 0 Å². The van der Waals surface area contributed by atoms with E-state index in [4.69, 9.17) is 0 Å². The smallest absolute Gasteiger partial charge is 0.00820 e. The van der Waals surface area contributed by atoms with Gasteiger partial charge in [0, 0.05) is 0 Å². The number of hydrogen-bond donors (Lipinski definition) is 0. The highest BCUT2D eigenvalue weighted by atomic mass is 14.1. The van der Waals surface area contributed by atoms with Crippen molar-refractivity contribution in [1.29, 1.82) is 0 Å². The van der Waals surface area contributed by atoms with Gasteiger partial charge in [-0.1, -0.05) is 60.7 Å². The molecule has 0 aromatic heterocycles. The molecule has 0 bridgehead atoms. The molecule has 0 nitrogen and oxygen atoms in total. The average molecular weight is 216 g/mol. The van der Waals surface area contributed by atoms with E-state index in [1.807, 2.05) is 0 Å². The Hall–Kier alpha value is -2.08. The standard InChI is InChI=1S/C17H12/c1-2-6-14-12(4-1)8-10-17-15-7-3-5-13(15)9-11-16(14)17/h1-6,8-11H,7H2. The fourth-order valence-electron chi connectivity index (χ4n) is 2.86. The second kappa shape index (κ2) is 3.21. The van der Waals surface area contributed by atoms with E-state index in [0.29, 0.717) is 0 Å². The van der Waals surface area contributed by atoms with Crippen LogP contribution in [0, 0.1) is 0 Å². The topological polar surface area (TPSA) is 0 Å². The molecule has 80 valence electrons. The molecule has 3 aromatic rings. The van der Waals surface area contributed by atoms with Gasteiger partial charge < -0.3 is 0 Å². The van der Waals surface area contributed by atoms with Crippen LogP contribution in [-0.4, -0.2) is 0 Å². The van der Waals surface area contributed by atoms with Crippen molar-refractivity contribution < 1.29 is 0 Å². The third-order valence-corrected chi connectivity index (χ3v) is 3.69. The quantitative estimate of drug-likeness (QED) is 0.483. The fourth-order valence-corrected chi connectivity index (χ4v) is 2.86. The molecule has 0 saturated heterocycles. The first-order valence-corrected chi connectivity index (χ1v) is 6.03. The summed E-state index contributed by atoms with van der Waals surface area (Å²) in [7, 11) is 0. The lowest BCUT2D eigenvalue weighted by atomic mass is 9.96. The number of hydrogen-bond acceptors (Lipinski definition) is 0. The van der Waals surface area contributed by atoms with E-state index in [1.165, 1.54) is 32.7 Å². The molecule has 0 atom stereocenters. The Labute approximate surface area is 100 Å². The van der Waals surface area contributed by atoms with E-state index < -0.39 is 0 Å². The first-order valence-electron chi connectivity index (χ1n) is 6.03. The Morgan fingerprint density at radius 3 is 2.59 bits per heavy atom. The van der Waals surface area contributed by atoms with Crippen molar-refractivity contribution in [3.63, 3.8) is 0 Å². The maximum Gasteiger partial charge on any atom is -0.00820 e. The molecule has 3 aromatic carbocycles. The Balaban J connectivity index is 2.23. The summed E-state index contributed by atoms with van der Waals surface area (Å²) in [5.41, 5.74) is 2.86. The summed E-state index contributed by atoms with van der Waals surface area (Å²) in [5.74, 6) is 0. The Morgan fingerprint density at radius 1 is 0.706 bits per heavy atom. The lowest BCUT2D eigenvalue weighted by molar-refractivity contribution is 1.35. The third-order valence-electron chi connectivity index (χ3n) is 3.69. The van der Waals surface area contributed by atoms with E-state index in [0.717, 1.165) is 6.42 Å². The molecule has 1 aliphatic carbocycles. The number of benzene rings is 3. The molecule has 0 N–H and O–H groups in total. The van der Waals surface area contributed by atoms with Crippen molar-refractivity contribution in [3.8, 4) is 0 Å². The summed E-state index contributed by atoms with van der Waals surface area (Å²) in [6, 6.07) is 17.6. The van der Waals surface area contributed by atoms with Gasteiger partial charge in [0.05, 0.1) is 0 Å². The van der Waals surface area contributed by atoms with Crippen LogP contribution in [-0.2, 0) is 6.42 Å². The zero-order valence-corrected chi connectivity index (χ0v) is 9.48. The van der Waals surface area contributed by atoms with E-state index in [-0.39, 0.29) is 0 Å². The summed E-state index contributed by atoms with van der Waals surface area (Å²) < 4.78 is 0. The van der Waals surface area contributed by atoms with Crippen LogP contribution in [0.5, 0.6) is 0 Å². The van der Waals surface area contributed by atoms with Crippen molar-refractivity contribution in [1.82, 2.24) is 0 Å². The van der Waals surface area contributed by atoms with Crippen molar-refractivity contribution in [2.75, 3.05) is 0 Å². The molecule has 0 amide bonds. The largest absolute Gasteiger partial charge is 0.0795 e. The average Bonchev–Trinajstić information content (AvgIpc) is 2.86. The summed E-state index contributed by atoms with van der Waals surface area (Å²) >= 11 is 0. The SMILES string of the molecule is C1=Cc2ccc3c(ccc4ccccc43)c2C1. The minimum Gasteiger partial charge on any atom is -0.0795 e. The maximum atomic E-state index is 2.27. The van der Waals surface area contributed by atoms with Gasteiger partial charge in [-0.25, -0.2) is 0 Å². The molecular formula is C17H12. The number of rotatable bonds is 0. The summed E-state index contributed by atoms with van der Waals surface area (Å²) in [5, 5.41) is 5.47. The van der Waals surface area contributed by atoms with Crippen molar-refractivity contribution >= 4 is 27.6 Å². The monoisotopic (exact) mass is 216 g/mol. The van der Waals surface area contributed by atoms with Crippen LogP contribution in [0.2, 0.25) is 0 Å². The lowest BCUT2D eigenvalue weighted by Gasteiger charge is -2.08. The number of fused-ring (bicyclic) bond motifs is 5. The van der Waals surface area contributed by atoms with Gasteiger partial charge in [-0.05, 0) is 39.1 Å². The van der Waals surface area contributed by atoms with Gasteiger partial charge in [-0.3, -0.25) is 0 Å². The van der Waals surface area contributed by atoms with Crippen molar-refractivity contribution in [3.05, 3.63) is 65.7 Å². The maximum absolute atomic E-state index is 2.27. The molecule has 0 heteroatoms. The van der Waals surface area contributed by atoms with E-state index in [2.05, 4.69) is 60.7 Å². The Morgan fingerprint density at radius 2 is 1.59 bits per heavy atom. The van der Waals surface area contributed by atoms with E-state index in [1.54, 1.807) is 0 Å². The highest BCUT2D eigenvalue weighted by molar-refractivity contribution is 6.09. The second-order valence-electron chi connectivity index (χ2n) is 4.62. The van der Waals surface area contributed by atoms with Gasteiger partial charge in [0.2, 0.25) is 0 Å². The minimum absolute atomic E-state index is 1.07. The number of allylic oxidation sites excluding steroid dienone is 1. The molecule has 0 aliphatic heterocycles. The van der Waals surface area contributed by atoms with Gasteiger partial charge in [-0.15, -0.1) is 0 Å². The predicted octanol–water partition coefficient (Wildman–Crippen LogP) is 4.56. The van der Waals surface area contributed by atoms with Crippen LogP contribution in [0.15, 0.2) is 54.6 Å². The molecule has 0 saturated carbocycles. The Kier molecular flexibility index (Phi) is 1.70. The molecular weight excluding hydrogens is 204 g/mol. The van der Waals surface area contributed by atoms with Gasteiger partial charge >= 0.3 is 0 Å². The zero-order chi connectivity index (χ0) is 11.2. The van der Waals surface area contributed by atoms with Crippen LogP contribution in [0.25, 0.3) is 27.6 Å². The summed E-state index contributed by atoms with van der Waals surface area (Å²) in [4.78, 5) is 0. The van der Waals surface area contributed by atoms with Gasteiger partial charge in [-0.2, -0.15) is 0 Å². The van der Waals surface area contributed by atoms with Gasteiger partial charge in [0.25, 0.3) is 0 Å². The highest BCUT2D eigenvalue weighted by Crippen LogP contribution is 2.32. The second-order valence-corrected chi connectivity index (χ2v) is 4.62. The molecule has 1 aliphatic rings. The highest BCUT2D eigenvalue weighted by Gasteiger charge is 2.10. The van der Waals surface area contributed by atoms with Crippen LogP contribution in [0.1, 0.15) is 11.1 Å². The molecule has 17 heavy (non-hydrogen) atoms. The van der Waals surface area contributed by atoms with Crippen molar-refractivity contribution in [2.24, 2.45) is 0 Å². The molecule has 0 fully saturated rings. The molecule has 0 unspecified atom stereocenters. The zero-order valence-electron chi connectivity index (χ0n) is 9.48. The normalized spacial score (nSPS) is 13.4. The van der Waals surface area contributed by atoms with Crippen LogP contribution in [0.4, 0.5) is 0 Å². The molecule has 4 rings (SSSR count). The first-order chi connectivity index (χ1) is 8.43. The third kappa shape index (κ3) is 1.18. The van der Waals surface area contributed by atoms with Crippen molar-refractivity contribution in [2.45, 2.75) is 6.42 Å². The van der Waals surface area contributed by atoms with Gasteiger partial charge in [0.1, 0.15) is 0 Å². The fraction of sp³-hybridized carbons (Fsp3) is 0.0588. The molecule has 0 heterocycles. The van der Waals surface area contributed by atoms with Crippen LogP contribution >= 0.6 is 0 Å².